The Hall–Kier alpha value is -1.35. The third-order valence-electron chi connectivity index (χ3n) is 3.81. The Morgan fingerprint density at radius 2 is 2.11 bits per heavy atom. The largest absolute Gasteiger partial charge is 0.353 e. The van der Waals surface area contributed by atoms with Crippen molar-refractivity contribution in [3.05, 3.63) is 35.4 Å². The van der Waals surface area contributed by atoms with Crippen molar-refractivity contribution >= 4 is 5.91 Å². The molecule has 1 N–H and O–H groups in total. The van der Waals surface area contributed by atoms with Gasteiger partial charge in [-0.15, -0.1) is 0 Å². The molecule has 1 fully saturated rings. The van der Waals surface area contributed by atoms with Crippen LogP contribution in [-0.4, -0.2) is 37.0 Å². The number of aryl methyl sites for hydroxylation is 2. The van der Waals surface area contributed by atoms with Crippen LogP contribution in [0.25, 0.3) is 0 Å². The smallest absolute Gasteiger partial charge is 0.220 e. The van der Waals surface area contributed by atoms with Crippen LogP contribution in [-0.2, 0) is 11.2 Å². The van der Waals surface area contributed by atoms with Crippen LogP contribution in [0, 0.1) is 6.92 Å². The van der Waals surface area contributed by atoms with Crippen molar-refractivity contribution in [2.24, 2.45) is 0 Å². The number of nitrogens with zero attached hydrogens (tertiary/aromatic N) is 1. The van der Waals surface area contributed by atoms with Crippen molar-refractivity contribution in [1.82, 2.24) is 10.2 Å². The number of nitrogens with one attached hydrogen (secondary N) is 1. The van der Waals surface area contributed by atoms with Crippen LogP contribution in [0.1, 0.15) is 30.4 Å². The Morgan fingerprint density at radius 3 is 2.79 bits per heavy atom. The maximum absolute atomic E-state index is 11.9. The summed E-state index contributed by atoms with van der Waals surface area (Å²) in [5.74, 6) is 0.191. The van der Waals surface area contributed by atoms with Crippen molar-refractivity contribution in [3.63, 3.8) is 0 Å². The molecule has 0 saturated carbocycles. The summed E-state index contributed by atoms with van der Waals surface area (Å²) in [5, 5.41) is 3.16. The number of rotatable bonds is 4. The second kappa shape index (κ2) is 6.71. The molecule has 1 aliphatic heterocycles. The molecule has 0 atom stereocenters. The molecule has 1 aromatic rings. The number of hydrogen-bond acceptors (Lipinski definition) is 2. The van der Waals surface area contributed by atoms with Crippen LogP contribution in [0.4, 0.5) is 0 Å². The first kappa shape index (κ1) is 14.1. The van der Waals surface area contributed by atoms with Gasteiger partial charge in [0.2, 0.25) is 5.91 Å². The predicted molar refractivity (Wildman–Crippen MR) is 78.2 cm³/mol. The minimum atomic E-state index is 0.191. The standard InChI is InChI=1S/C16H24N2O/c1-13-4-3-5-14(12-13)6-7-16(19)17-15-8-10-18(2)11-9-15/h3-5,12,15H,6-11H2,1-2H3,(H,17,19). The lowest BCUT2D eigenvalue weighted by Gasteiger charge is -2.29. The van der Waals surface area contributed by atoms with E-state index in [9.17, 15) is 4.79 Å². The molecular weight excluding hydrogens is 236 g/mol. The average molecular weight is 260 g/mol. The lowest BCUT2D eigenvalue weighted by Crippen LogP contribution is -2.43. The van der Waals surface area contributed by atoms with Gasteiger partial charge >= 0.3 is 0 Å². The van der Waals surface area contributed by atoms with Crippen LogP contribution >= 0.6 is 0 Å². The predicted octanol–water partition coefficient (Wildman–Crippen LogP) is 2.14. The first-order valence-corrected chi connectivity index (χ1v) is 7.17. The molecule has 1 aliphatic rings. The topological polar surface area (TPSA) is 32.3 Å². The van der Waals surface area contributed by atoms with Crippen molar-refractivity contribution in [3.8, 4) is 0 Å². The molecule has 1 saturated heterocycles. The normalized spacial score (nSPS) is 17.4. The van der Waals surface area contributed by atoms with Gasteiger partial charge < -0.3 is 10.2 Å². The van der Waals surface area contributed by atoms with Crippen molar-refractivity contribution in [2.45, 2.75) is 38.6 Å². The van der Waals surface area contributed by atoms with E-state index in [0.717, 1.165) is 32.4 Å². The zero-order valence-electron chi connectivity index (χ0n) is 12.0. The number of likely N-dealkylation sites (tertiary alicyclic amines) is 1. The molecule has 0 unspecified atom stereocenters. The first-order valence-electron chi connectivity index (χ1n) is 7.17. The van der Waals surface area contributed by atoms with Crippen molar-refractivity contribution in [1.29, 1.82) is 0 Å². The summed E-state index contributed by atoms with van der Waals surface area (Å²) >= 11 is 0. The van der Waals surface area contributed by atoms with Gasteiger partial charge in [0.1, 0.15) is 0 Å². The molecule has 3 heteroatoms. The summed E-state index contributed by atoms with van der Waals surface area (Å²) < 4.78 is 0. The van der Waals surface area contributed by atoms with E-state index in [1.54, 1.807) is 0 Å². The van der Waals surface area contributed by atoms with E-state index >= 15 is 0 Å². The molecule has 104 valence electrons. The third-order valence-corrected chi connectivity index (χ3v) is 3.81. The van der Waals surface area contributed by atoms with E-state index in [1.165, 1.54) is 11.1 Å². The minimum Gasteiger partial charge on any atom is -0.353 e. The lowest BCUT2D eigenvalue weighted by atomic mass is 10.0. The van der Waals surface area contributed by atoms with Gasteiger partial charge in [-0.2, -0.15) is 0 Å². The fourth-order valence-electron chi connectivity index (χ4n) is 2.58. The zero-order chi connectivity index (χ0) is 13.7. The van der Waals surface area contributed by atoms with E-state index in [1.807, 2.05) is 0 Å². The highest BCUT2D eigenvalue weighted by atomic mass is 16.1. The van der Waals surface area contributed by atoms with Crippen LogP contribution in [0.3, 0.4) is 0 Å². The maximum atomic E-state index is 11.9. The van der Waals surface area contributed by atoms with Crippen LogP contribution < -0.4 is 5.32 Å². The Labute approximate surface area is 116 Å². The summed E-state index contributed by atoms with van der Waals surface area (Å²) in [5.41, 5.74) is 2.51. The van der Waals surface area contributed by atoms with Gasteiger partial charge in [0.25, 0.3) is 0 Å². The van der Waals surface area contributed by atoms with Gasteiger partial charge in [-0.05, 0) is 51.9 Å². The van der Waals surface area contributed by atoms with E-state index < -0.39 is 0 Å². The van der Waals surface area contributed by atoms with Crippen LogP contribution in [0.2, 0.25) is 0 Å². The van der Waals surface area contributed by atoms with Crippen LogP contribution in [0.15, 0.2) is 24.3 Å². The second-order valence-electron chi connectivity index (χ2n) is 5.63. The summed E-state index contributed by atoms with van der Waals surface area (Å²) in [7, 11) is 2.13. The molecule has 0 radical (unpaired) electrons. The quantitative estimate of drug-likeness (QED) is 0.899. The molecule has 19 heavy (non-hydrogen) atoms. The number of carbonyl (C=O) groups excluding carboxylic acids is 1. The number of piperidine rings is 1. The lowest BCUT2D eigenvalue weighted by molar-refractivity contribution is -0.122. The Balaban J connectivity index is 1.73. The fourth-order valence-corrected chi connectivity index (χ4v) is 2.58. The summed E-state index contributed by atoms with van der Waals surface area (Å²) in [6.07, 6.45) is 3.58. The average Bonchev–Trinajstić information content (AvgIpc) is 2.39. The van der Waals surface area contributed by atoms with Gasteiger partial charge in [0.05, 0.1) is 0 Å². The molecule has 3 nitrogen and oxygen atoms in total. The van der Waals surface area contributed by atoms with Gasteiger partial charge in [-0.25, -0.2) is 0 Å². The molecule has 0 aliphatic carbocycles. The Bertz CT molecular complexity index is 423. The van der Waals surface area contributed by atoms with E-state index in [4.69, 9.17) is 0 Å². The number of amides is 1. The van der Waals surface area contributed by atoms with Crippen molar-refractivity contribution < 1.29 is 4.79 Å². The monoisotopic (exact) mass is 260 g/mol. The number of hydrogen-bond donors (Lipinski definition) is 1. The van der Waals surface area contributed by atoms with Gasteiger partial charge in [0, 0.05) is 12.5 Å². The van der Waals surface area contributed by atoms with Gasteiger partial charge in [-0.1, -0.05) is 29.8 Å². The molecule has 0 aromatic heterocycles. The zero-order valence-corrected chi connectivity index (χ0v) is 12.0. The van der Waals surface area contributed by atoms with E-state index in [0.29, 0.717) is 12.5 Å². The maximum Gasteiger partial charge on any atom is 0.220 e. The van der Waals surface area contributed by atoms with Gasteiger partial charge in [0.15, 0.2) is 0 Å². The summed E-state index contributed by atoms with van der Waals surface area (Å²) in [4.78, 5) is 14.2. The highest BCUT2D eigenvalue weighted by Crippen LogP contribution is 2.10. The molecular formula is C16H24N2O. The molecule has 0 bridgehead atoms. The van der Waals surface area contributed by atoms with E-state index in [2.05, 4.69) is 48.5 Å². The summed E-state index contributed by atoms with van der Waals surface area (Å²) in [6, 6.07) is 8.77. The third kappa shape index (κ3) is 4.67. The Kier molecular flexibility index (Phi) is 4.97. The number of benzene rings is 1. The summed E-state index contributed by atoms with van der Waals surface area (Å²) in [6.45, 7) is 4.26. The number of carbonyl (C=O) groups is 1. The highest BCUT2D eigenvalue weighted by molar-refractivity contribution is 5.76. The SMILES string of the molecule is Cc1cccc(CCC(=O)NC2CCN(C)CC2)c1. The van der Waals surface area contributed by atoms with Crippen molar-refractivity contribution in [2.75, 3.05) is 20.1 Å². The molecule has 0 spiro atoms. The fraction of sp³-hybridized carbons (Fsp3) is 0.562. The van der Waals surface area contributed by atoms with Crippen LogP contribution in [0.5, 0.6) is 0 Å². The highest BCUT2D eigenvalue weighted by Gasteiger charge is 2.17. The Morgan fingerprint density at radius 1 is 1.37 bits per heavy atom. The molecule has 1 aromatic carbocycles. The molecule has 2 rings (SSSR count). The first-order chi connectivity index (χ1) is 9.13. The van der Waals surface area contributed by atoms with Gasteiger partial charge in [-0.3, -0.25) is 4.79 Å². The second-order valence-corrected chi connectivity index (χ2v) is 5.63. The minimum absolute atomic E-state index is 0.191. The molecule has 1 heterocycles. The van der Waals surface area contributed by atoms with E-state index in [-0.39, 0.29) is 5.91 Å². The molecule has 1 amide bonds.